The molecule has 0 spiro atoms. The van der Waals surface area contributed by atoms with Crippen LogP contribution < -0.4 is 15.2 Å². The van der Waals surface area contributed by atoms with Crippen LogP contribution in [0.25, 0.3) is 0 Å². The average molecular weight is 263 g/mol. The number of benzene rings is 1. The topological polar surface area (TPSA) is 44.5 Å². The van der Waals surface area contributed by atoms with Gasteiger partial charge >= 0.3 is 0 Å². The SMILES string of the molecule is CCOc1cccc(OC2CCCC(CC)C2)c1N. The molecule has 1 aromatic carbocycles. The van der Waals surface area contributed by atoms with E-state index in [0.29, 0.717) is 18.4 Å². The summed E-state index contributed by atoms with van der Waals surface area (Å²) < 4.78 is 11.6. The van der Waals surface area contributed by atoms with Gasteiger partial charge in [-0.15, -0.1) is 0 Å². The van der Waals surface area contributed by atoms with Gasteiger partial charge in [0.25, 0.3) is 0 Å². The van der Waals surface area contributed by atoms with Crippen molar-refractivity contribution in [2.24, 2.45) is 5.92 Å². The van der Waals surface area contributed by atoms with E-state index in [1.54, 1.807) is 0 Å². The Balaban J connectivity index is 2.04. The van der Waals surface area contributed by atoms with Gasteiger partial charge in [-0.2, -0.15) is 0 Å². The van der Waals surface area contributed by atoms with Crippen LogP contribution in [0.15, 0.2) is 18.2 Å². The minimum atomic E-state index is 0.304. The molecule has 0 aromatic heterocycles. The quantitative estimate of drug-likeness (QED) is 0.816. The van der Waals surface area contributed by atoms with Crippen molar-refractivity contribution in [1.82, 2.24) is 0 Å². The van der Waals surface area contributed by atoms with Gasteiger partial charge in [0.2, 0.25) is 0 Å². The van der Waals surface area contributed by atoms with Crippen LogP contribution in [0.1, 0.15) is 46.0 Å². The molecule has 0 amide bonds. The number of hydrogen-bond acceptors (Lipinski definition) is 3. The van der Waals surface area contributed by atoms with Crippen molar-refractivity contribution in [3.8, 4) is 11.5 Å². The molecular formula is C16H25NO2. The van der Waals surface area contributed by atoms with E-state index in [1.165, 1.54) is 19.3 Å². The number of para-hydroxylation sites is 1. The van der Waals surface area contributed by atoms with Crippen molar-refractivity contribution in [3.05, 3.63) is 18.2 Å². The summed E-state index contributed by atoms with van der Waals surface area (Å²) in [7, 11) is 0. The summed E-state index contributed by atoms with van der Waals surface area (Å²) in [6.45, 7) is 4.84. The summed E-state index contributed by atoms with van der Waals surface area (Å²) in [4.78, 5) is 0. The Morgan fingerprint density at radius 3 is 2.74 bits per heavy atom. The molecule has 0 radical (unpaired) electrons. The van der Waals surface area contributed by atoms with Gasteiger partial charge in [-0.3, -0.25) is 0 Å². The molecule has 2 atom stereocenters. The number of ether oxygens (including phenoxy) is 2. The fraction of sp³-hybridized carbons (Fsp3) is 0.625. The Morgan fingerprint density at radius 2 is 2.00 bits per heavy atom. The van der Waals surface area contributed by atoms with Gasteiger partial charge in [0, 0.05) is 0 Å². The predicted octanol–water partition coefficient (Wildman–Crippen LogP) is 4.02. The van der Waals surface area contributed by atoms with Crippen molar-refractivity contribution < 1.29 is 9.47 Å². The molecule has 2 unspecified atom stereocenters. The summed E-state index contributed by atoms with van der Waals surface area (Å²) in [5.74, 6) is 2.30. The third-order valence-corrected chi connectivity index (χ3v) is 3.93. The van der Waals surface area contributed by atoms with Crippen LogP contribution in [0.5, 0.6) is 11.5 Å². The third kappa shape index (κ3) is 3.55. The Morgan fingerprint density at radius 1 is 1.21 bits per heavy atom. The van der Waals surface area contributed by atoms with Crippen molar-refractivity contribution in [1.29, 1.82) is 0 Å². The van der Waals surface area contributed by atoms with Crippen molar-refractivity contribution >= 4 is 5.69 Å². The van der Waals surface area contributed by atoms with Gasteiger partial charge in [-0.25, -0.2) is 0 Å². The first kappa shape index (κ1) is 14.0. The van der Waals surface area contributed by atoms with Crippen LogP contribution in [0.2, 0.25) is 0 Å². The molecule has 0 bridgehead atoms. The molecule has 19 heavy (non-hydrogen) atoms. The number of nitrogens with two attached hydrogens (primary N) is 1. The molecule has 3 nitrogen and oxygen atoms in total. The van der Waals surface area contributed by atoms with Crippen molar-refractivity contribution in [3.63, 3.8) is 0 Å². The Labute approximate surface area is 116 Å². The van der Waals surface area contributed by atoms with Gasteiger partial charge in [-0.05, 0) is 44.2 Å². The van der Waals surface area contributed by atoms with Crippen LogP contribution in [0, 0.1) is 5.92 Å². The van der Waals surface area contributed by atoms with E-state index in [2.05, 4.69) is 6.92 Å². The second-order valence-electron chi connectivity index (χ2n) is 5.28. The first-order valence-corrected chi connectivity index (χ1v) is 7.42. The minimum Gasteiger partial charge on any atom is -0.492 e. The molecule has 3 heteroatoms. The zero-order chi connectivity index (χ0) is 13.7. The van der Waals surface area contributed by atoms with E-state index >= 15 is 0 Å². The third-order valence-electron chi connectivity index (χ3n) is 3.93. The molecule has 1 aliphatic carbocycles. The molecule has 1 saturated carbocycles. The highest BCUT2D eigenvalue weighted by atomic mass is 16.5. The van der Waals surface area contributed by atoms with Gasteiger partial charge in [0.05, 0.1) is 12.7 Å². The highest BCUT2D eigenvalue weighted by molar-refractivity contribution is 5.62. The maximum absolute atomic E-state index is 6.10. The summed E-state index contributed by atoms with van der Waals surface area (Å²) in [6.07, 6.45) is 6.43. The smallest absolute Gasteiger partial charge is 0.146 e. The molecule has 0 saturated heterocycles. The molecule has 0 heterocycles. The van der Waals surface area contributed by atoms with Gasteiger partial charge in [0.15, 0.2) is 0 Å². The molecule has 106 valence electrons. The molecule has 1 aromatic rings. The summed E-state index contributed by atoms with van der Waals surface area (Å²) in [6, 6.07) is 5.77. The predicted molar refractivity (Wildman–Crippen MR) is 78.7 cm³/mol. The number of anilines is 1. The van der Waals surface area contributed by atoms with Crippen LogP contribution in [0.3, 0.4) is 0 Å². The lowest BCUT2D eigenvalue weighted by atomic mass is 9.85. The first-order chi connectivity index (χ1) is 9.24. The Kier molecular flexibility index (Phi) is 4.94. The van der Waals surface area contributed by atoms with E-state index in [9.17, 15) is 0 Å². The maximum Gasteiger partial charge on any atom is 0.146 e. The highest BCUT2D eigenvalue weighted by Crippen LogP contribution is 2.35. The molecule has 2 rings (SSSR count). The number of nitrogen functional groups attached to an aromatic ring is 1. The molecule has 2 N–H and O–H groups in total. The Hall–Kier alpha value is -1.38. The molecule has 1 aliphatic rings. The Bertz CT molecular complexity index is 406. The second-order valence-corrected chi connectivity index (χ2v) is 5.28. The van der Waals surface area contributed by atoms with E-state index in [-0.39, 0.29) is 0 Å². The van der Waals surface area contributed by atoms with Gasteiger partial charge < -0.3 is 15.2 Å². The van der Waals surface area contributed by atoms with E-state index < -0.39 is 0 Å². The zero-order valence-electron chi connectivity index (χ0n) is 12.0. The normalized spacial score (nSPS) is 23.1. The second kappa shape index (κ2) is 6.69. The lowest BCUT2D eigenvalue weighted by Crippen LogP contribution is -2.25. The first-order valence-electron chi connectivity index (χ1n) is 7.42. The van der Waals surface area contributed by atoms with Crippen LogP contribution in [0.4, 0.5) is 5.69 Å². The van der Waals surface area contributed by atoms with Crippen LogP contribution >= 0.6 is 0 Å². The summed E-state index contributed by atoms with van der Waals surface area (Å²) in [5, 5.41) is 0. The number of hydrogen-bond donors (Lipinski definition) is 1. The van der Waals surface area contributed by atoms with E-state index in [4.69, 9.17) is 15.2 Å². The largest absolute Gasteiger partial charge is 0.492 e. The minimum absolute atomic E-state index is 0.304. The lowest BCUT2D eigenvalue weighted by molar-refractivity contribution is 0.122. The molecular weight excluding hydrogens is 238 g/mol. The fourth-order valence-corrected chi connectivity index (χ4v) is 2.81. The standard InChI is InChI=1S/C16H25NO2/c1-3-12-7-5-8-13(11-12)19-15-10-6-9-14(16(15)17)18-4-2/h6,9-10,12-13H,3-5,7-8,11,17H2,1-2H3. The fourth-order valence-electron chi connectivity index (χ4n) is 2.81. The van der Waals surface area contributed by atoms with Gasteiger partial charge in [-0.1, -0.05) is 25.8 Å². The van der Waals surface area contributed by atoms with Crippen molar-refractivity contribution in [2.45, 2.75) is 52.1 Å². The van der Waals surface area contributed by atoms with E-state index in [0.717, 1.165) is 30.3 Å². The monoisotopic (exact) mass is 263 g/mol. The number of rotatable bonds is 5. The van der Waals surface area contributed by atoms with Crippen LogP contribution in [-0.2, 0) is 0 Å². The summed E-state index contributed by atoms with van der Waals surface area (Å²) in [5.41, 5.74) is 6.73. The highest BCUT2D eigenvalue weighted by Gasteiger charge is 2.23. The van der Waals surface area contributed by atoms with E-state index in [1.807, 2.05) is 25.1 Å². The molecule has 0 aliphatic heterocycles. The maximum atomic E-state index is 6.10. The lowest BCUT2D eigenvalue weighted by Gasteiger charge is -2.29. The van der Waals surface area contributed by atoms with Crippen LogP contribution in [-0.4, -0.2) is 12.7 Å². The average Bonchev–Trinajstić information content (AvgIpc) is 2.44. The van der Waals surface area contributed by atoms with Crippen molar-refractivity contribution in [2.75, 3.05) is 12.3 Å². The zero-order valence-corrected chi connectivity index (χ0v) is 12.0. The molecule has 1 fully saturated rings. The van der Waals surface area contributed by atoms with Gasteiger partial charge in [0.1, 0.15) is 17.2 Å². The summed E-state index contributed by atoms with van der Waals surface area (Å²) >= 11 is 0.